The first kappa shape index (κ1) is 18.5. The number of nitrogens with one attached hydrogen (secondary N) is 1. The standard InChI is InChI=1S/C22H22N2O3/c1-17(18-11-13-23-14-12-18)24-22(25)20-9-5-6-10-21(20)27-16-15-26-19-7-3-2-4-8-19/h2-14,17H,15-16H2,1H3,(H,24,25). The molecule has 5 heteroatoms. The van der Waals surface area contributed by atoms with Crippen molar-refractivity contribution in [2.45, 2.75) is 13.0 Å². The predicted octanol–water partition coefficient (Wildman–Crippen LogP) is 4.03. The number of hydrogen-bond donors (Lipinski definition) is 1. The van der Waals surface area contributed by atoms with Crippen molar-refractivity contribution in [2.24, 2.45) is 0 Å². The summed E-state index contributed by atoms with van der Waals surface area (Å²) in [6, 6.07) is 20.4. The molecule has 0 saturated heterocycles. The first-order chi connectivity index (χ1) is 13.2. The summed E-state index contributed by atoms with van der Waals surface area (Å²) in [5.41, 5.74) is 1.49. The van der Waals surface area contributed by atoms with Gasteiger partial charge < -0.3 is 14.8 Å². The number of hydrogen-bond acceptors (Lipinski definition) is 4. The number of amides is 1. The highest BCUT2D eigenvalue weighted by molar-refractivity contribution is 5.97. The van der Waals surface area contributed by atoms with Gasteiger partial charge in [0.25, 0.3) is 5.91 Å². The van der Waals surface area contributed by atoms with Gasteiger partial charge in [-0.25, -0.2) is 0 Å². The summed E-state index contributed by atoms with van der Waals surface area (Å²) >= 11 is 0. The van der Waals surface area contributed by atoms with E-state index in [0.29, 0.717) is 24.5 Å². The highest BCUT2D eigenvalue weighted by atomic mass is 16.5. The van der Waals surface area contributed by atoms with Gasteiger partial charge in [-0.05, 0) is 48.9 Å². The molecule has 27 heavy (non-hydrogen) atoms. The Hall–Kier alpha value is -3.34. The second kappa shape index (κ2) is 9.38. The van der Waals surface area contributed by atoms with Crippen LogP contribution in [0, 0.1) is 0 Å². The number of aromatic nitrogens is 1. The van der Waals surface area contributed by atoms with E-state index >= 15 is 0 Å². The number of nitrogens with zero attached hydrogens (tertiary/aromatic N) is 1. The highest BCUT2D eigenvalue weighted by Gasteiger charge is 2.15. The van der Waals surface area contributed by atoms with Crippen LogP contribution in [0.2, 0.25) is 0 Å². The van der Waals surface area contributed by atoms with Gasteiger partial charge in [-0.15, -0.1) is 0 Å². The zero-order valence-corrected chi connectivity index (χ0v) is 15.2. The Morgan fingerprint density at radius 1 is 0.926 bits per heavy atom. The Kier molecular flexibility index (Phi) is 6.41. The summed E-state index contributed by atoms with van der Waals surface area (Å²) in [6.45, 7) is 2.68. The Morgan fingerprint density at radius 3 is 2.37 bits per heavy atom. The summed E-state index contributed by atoms with van der Waals surface area (Å²) in [5.74, 6) is 1.14. The molecule has 1 heterocycles. The Morgan fingerprint density at radius 2 is 1.59 bits per heavy atom. The second-order valence-electron chi connectivity index (χ2n) is 5.98. The monoisotopic (exact) mass is 362 g/mol. The minimum Gasteiger partial charge on any atom is -0.490 e. The summed E-state index contributed by atoms with van der Waals surface area (Å²) in [5, 5.41) is 2.99. The van der Waals surface area contributed by atoms with E-state index in [1.807, 2.05) is 61.5 Å². The third-order valence-electron chi connectivity index (χ3n) is 4.04. The zero-order chi connectivity index (χ0) is 18.9. The van der Waals surface area contributed by atoms with E-state index in [2.05, 4.69) is 10.3 Å². The maximum atomic E-state index is 12.7. The van der Waals surface area contributed by atoms with Crippen LogP contribution in [0.3, 0.4) is 0 Å². The lowest BCUT2D eigenvalue weighted by Crippen LogP contribution is -2.27. The van der Waals surface area contributed by atoms with Crippen LogP contribution in [-0.2, 0) is 0 Å². The topological polar surface area (TPSA) is 60.5 Å². The Balaban J connectivity index is 1.57. The van der Waals surface area contributed by atoms with E-state index in [1.54, 1.807) is 24.5 Å². The molecular weight excluding hydrogens is 340 g/mol. The predicted molar refractivity (Wildman–Crippen MR) is 104 cm³/mol. The maximum absolute atomic E-state index is 12.7. The Bertz CT molecular complexity index is 854. The lowest BCUT2D eigenvalue weighted by Gasteiger charge is -2.16. The van der Waals surface area contributed by atoms with Gasteiger partial charge >= 0.3 is 0 Å². The van der Waals surface area contributed by atoms with Crippen molar-refractivity contribution in [3.05, 3.63) is 90.3 Å². The van der Waals surface area contributed by atoms with E-state index in [4.69, 9.17) is 9.47 Å². The smallest absolute Gasteiger partial charge is 0.255 e. The van der Waals surface area contributed by atoms with E-state index in [1.165, 1.54) is 0 Å². The summed E-state index contributed by atoms with van der Waals surface area (Å²) in [7, 11) is 0. The number of carbonyl (C=O) groups is 1. The van der Waals surface area contributed by atoms with Crippen LogP contribution in [0.1, 0.15) is 28.9 Å². The van der Waals surface area contributed by atoms with Crippen molar-refractivity contribution in [3.8, 4) is 11.5 Å². The molecule has 1 unspecified atom stereocenters. The first-order valence-corrected chi connectivity index (χ1v) is 8.84. The molecule has 0 aliphatic heterocycles. The summed E-state index contributed by atoms with van der Waals surface area (Å²) < 4.78 is 11.4. The van der Waals surface area contributed by atoms with Crippen LogP contribution in [0.25, 0.3) is 0 Å². The van der Waals surface area contributed by atoms with Gasteiger partial charge in [0.15, 0.2) is 0 Å². The molecule has 1 N–H and O–H groups in total. The van der Waals surface area contributed by atoms with Crippen molar-refractivity contribution < 1.29 is 14.3 Å². The van der Waals surface area contributed by atoms with Crippen LogP contribution in [0.15, 0.2) is 79.1 Å². The van der Waals surface area contributed by atoms with Crippen molar-refractivity contribution in [1.82, 2.24) is 10.3 Å². The third kappa shape index (κ3) is 5.31. The zero-order valence-electron chi connectivity index (χ0n) is 15.2. The summed E-state index contributed by atoms with van der Waals surface area (Å²) in [4.78, 5) is 16.7. The van der Waals surface area contributed by atoms with Crippen molar-refractivity contribution >= 4 is 5.91 Å². The van der Waals surface area contributed by atoms with Crippen molar-refractivity contribution in [3.63, 3.8) is 0 Å². The van der Waals surface area contributed by atoms with Crippen LogP contribution >= 0.6 is 0 Å². The van der Waals surface area contributed by atoms with Gasteiger partial charge in [0.05, 0.1) is 11.6 Å². The Labute approximate surface area is 159 Å². The van der Waals surface area contributed by atoms with Crippen LogP contribution in [0.4, 0.5) is 0 Å². The van der Waals surface area contributed by atoms with E-state index < -0.39 is 0 Å². The normalized spacial score (nSPS) is 11.4. The molecule has 0 aliphatic rings. The maximum Gasteiger partial charge on any atom is 0.255 e. The average molecular weight is 362 g/mol. The molecule has 3 rings (SSSR count). The molecule has 0 spiro atoms. The van der Waals surface area contributed by atoms with Crippen LogP contribution in [0.5, 0.6) is 11.5 Å². The number of ether oxygens (including phenoxy) is 2. The van der Waals surface area contributed by atoms with Gasteiger partial charge in [-0.2, -0.15) is 0 Å². The molecule has 1 atom stereocenters. The van der Waals surface area contributed by atoms with Gasteiger partial charge in [0.2, 0.25) is 0 Å². The second-order valence-corrected chi connectivity index (χ2v) is 5.98. The minimum absolute atomic E-state index is 0.130. The number of pyridine rings is 1. The number of para-hydroxylation sites is 2. The van der Waals surface area contributed by atoms with Crippen molar-refractivity contribution in [1.29, 1.82) is 0 Å². The lowest BCUT2D eigenvalue weighted by atomic mass is 10.1. The molecule has 2 aromatic carbocycles. The number of carbonyl (C=O) groups excluding carboxylic acids is 1. The first-order valence-electron chi connectivity index (χ1n) is 8.84. The van der Waals surface area contributed by atoms with Gasteiger partial charge in [0, 0.05) is 12.4 Å². The minimum atomic E-state index is -0.182. The summed E-state index contributed by atoms with van der Waals surface area (Å²) in [6.07, 6.45) is 3.42. The van der Waals surface area contributed by atoms with Gasteiger partial charge in [-0.3, -0.25) is 9.78 Å². The molecule has 0 saturated carbocycles. The lowest BCUT2D eigenvalue weighted by molar-refractivity contribution is 0.0934. The largest absolute Gasteiger partial charge is 0.490 e. The third-order valence-corrected chi connectivity index (χ3v) is 4.04. The van der Waals surface area contributed by atoms with Crippen LogP contribution < -0.4 is 14.8 Å². The molecule has 138 valence electrons. The van der Waals surface area contributed by atoms with Gasteiger partial charge in [-0.1, -0.05) is 30.3 Å². The van der Waals surface area contributed by atoms with Crippen molar-refractivity contribution in [2.75, 3.05) is 13.2 Å². The van der Waals surface area contributed by atoms with Crippen LogP contribution in [-0.4, -0.2) is 24.1 Å². The SMILES string of the molecule is CC(NC(=O)c1ccccc1OCCOc1ccccc1)c1ccncc1. The molecule has 0 fully saturated rings. The quantitative estimate of drug-likeness (QED) is 0.615. The molecule has 3 aromatic rings. The number of rotatable bonds is 8. The van der Waals surface area contributed by atoms with Gasteiger partial charge in [0.1, 0.15) is 24.7 Å². The van der Waals surface area contributed by atoms with E-state index in [9.17, 15) is 4.79 Å². The fourth-order valence-electron chi connectivity index (χ4n) is 2.62. The molecule has 0 bridgehead atoms. The fraction of sp³-hybridized carbons (Fsp3) is 0.182. The molecular formula is C22H22N2O3. The molecule has 5 nitrogen and oxygen atoms in total. The molecule has 1 amide bonds. The average Bonchev–Trinajstić information content (AvgIpc) is 2.73. The number of benzene rings is 2. The molecule has 1 aromatic heterocycles. The fourth-order valence-corrected chi connectivity index (χ4v) is 2.62. The highest BCUT2D eigenvalue weighted by Crippen LogP contribution is 2.20. The van der Waals surface area contributed by atoms with E-state index in [-0.39, 0.29) is 11.9 Å². The van der Waals surface area contributed by atoms with E-state index in [0.717, 1.165) is 11.3 Å². The molecule has 0 radical (unpaired) electrons. The molecule has 0 aliphatic carbocycles.